The summed E-state index contributed by atoms with van der Waals surface area (Å²) in [6, 6.07) is 4.44. The topological polar surface area (TPSA) is 83.8 Å². The van der Waals surface area contributed by atoms with Gasteiger partial charge in [-0.3, -0.25) is 10.2 Å². The molecule has 0 aliphatic rings. The minimum absolute atomic E-state index is 0.0821. The fraction of sp³-hybridized carbons (Fsp3) is 0.296. The van der Waals surface area contributed by atoms with Gasteiger partial charge in [-0.15, -0.1) is 6.58 Å². The molecule has 0 aliphatic carbocycles. The van der Waals surface area contributed by atoms with Gasteiger partial charge in [-0.2, -0.15) is 13.2 Å². The predicted molar refractivity (Wildman–Crippen MR) is 152 cm³/mol. The van der Waals surface area contributed by atoms with E-state index in [2.05, 4.69) is 21.9 Å². The first kappa shape index (κ1) is 34.8. The number of hydrogen-bond donors (Lipinski definition) is 2. The zero-order valence-corrected chi connectivity index (χ0v) is 23.3. The third kappa shape index (κ3) is 15.1. The molecule has 0 saturated carbocycles. The quantitative estimate of drug-likeness (QED) is 0.0384. The molecule has 0 heterocycles. The van der Waals surface area contributed by atoms with Crippen LogP contribution in [0.1, 0.15) is 44.7 Å². The third-order valence-electron chi connectivity index (χ3n) is 4.17. The number of nitrogens with one attached hydrogen (secondary N) is 2. The maximum Gasteiger partial charge on any atom is 0.433 e. The van der Waals surface area contributed by atoms with E-state index >= 15 is 0 Å². The summed E-state index contributed by atoms with van der Waals surface area (Å²) >= 11 is 6.81. The van der Waals surface area contributed by atoms with Crippen molar-refractivity contribution >= 4 is 40.7 Å². The van der Waals surface area contributed by atoms with E-state index in [1.165, 1.54) is 37.0 Å². The van der Waals surface area contributed by atoms with Crippen LogP contribution in [-0.4, -0.2) is 31.0 Å². The van der Waals surface area contributed by atoms with E-state index in [1.807, 2.05) is 19.9 Å². The number of benzene rings is 1. The lowest BCUT2D eigenvalue weighted by Gasteiger charge is -2.12. The molecule has 6 nitrogen and oxygen atoms in total. The van der Waals surface area contributed by atoms with Gasteiger partial charge in [0.2, 0.25) is 0 Å². The lowest BCUT2D eigenvalue weighted by molar-refractivity contribution is -0.137. The Bertz CT molecular complexity index is 1050. The predicted octanol–water partition coefficient (Wildman–Crippen LogP) is 8.58. The average molecular weight is 572 g/mol. The summed E-state index contributed by atoms with van der Waals surface area (Å²) < 4.78 is 44.3. The lowest BCUT2D eigenvalue weighted by atomic mass is 10.1. The van der Waals surface area contributed by atoms with Crippen molar-refractivity contribution in [1.82, 2.24) is 5.32 Å². The van der Waals surface area contributed by atoms with E-state index in [1.54, 1.807) is 25.2 Å². The highest BCUT2D eigenvalue weighted by molar-refractivity contribution is 8.17. The minimum atomic E-state index is -4.44. The Morgan fingerprint density at radius 2 is 1.87 bits per heavy atom. The number of halogens is 4. The van der Waals surface area contributed by atoms with Crippen molar-refractivity contribution in [2.24, 2.45) is 5.16 Å². The highest BCUT2D eigenvalue weighted by atomic mass is 35.5. The largest absolute Gasteiger partial charge is 0.488 e. The first-order valence-electron chi connectivity index (χ1n) is 11.5. The zero-order chi connectivity index (χ0) is 29.0. The average Bonchev–Trinajstić information content (AvgIpc) is 2.90. The standard InChI is InChI=1S/C25H27ClF3N3O3S.C2H6/c1-4-5-6-7-22(36-23(30)19-9-11-20(12-10-19)25(27,28)29)17-34-21(14-15-26)13-8-18(2)16-32-35-24(33)31-3;1-2/h4,7-16,30H,1,5-6,17H2,2-3H3,(H,31,33);1-2H3/b15-14+,18-8+,21-13+,22-7+,30-23?,32-16+;. The van der Waals surface area contributed by atoms with E-state index in [9.17, 15) is 18.0 Å². The van der Waals surface area contributed by atoms with Crippen molar-refractivity contribution in [3.63, 3.8) is 0 Å². The summed E-state index contributed by atoms with van der Waals surface area (Å²) in [7, 11) is 1.41. The highest BCUT2D eigenvalue weighted by Crippen LogP contribution is 2.30. The van der Waals surface area contributed by atoms with Crippen LogP contribution >= 0.6 is 23.4 Å². The van der Waals surface area contributed by atoms with E-state index in [-0.39, 0.29) is 11.7 Å². The Morgan fingerprint density at radius 3 is 2.42 bits per heavy atom. The SMILES string of the molecule is C=CCC/C=C(\COC(/C=C/Cl)=C/C=C(C)/C=N/OC(=O)NC)SC(=N)c1ccc(C(F)(F)F)cc1.CC. The summed E-state index contributed by atoms with van der Waals surface area (Å²) in [6.07, 6.45) is 6.04. The summed E-state index contributed by atoms with van der Waals surface area (Å²) in [5, 5.41) is 14.2. The van der Waals surface area contributed by atoms with E-state index in [0.717, 1.165) is 23.9 Å². The van der Waals surface area contributed by atoms with Crippen LogP contribution in [0.15, 0.2) is 88.2 Å². The molecule has 2 N–H and O–H groups in total. The van der Waals surface area contributed by atoms with Crippen molar-refractivity contribution < 1.29 is 27.5 Å². The monoisotopic (exact) mass is 571 g/mol. The van der Waals surface area contributed by atoms with Gasteiger partial charge in [0.1, 0.15) is 12.4 Å². The fourth-order valence-electron chi connectivity index (χ4n) is 2.32. The van der Waals surface area contributed by atoms with E-state index in [0.29, 0.717) is 34.6 Å². The maximum atomic E-state index is 12.8. The van der Waals surface area contributed by atoms with Crippen LogP contribution in [0.5, 0.6) is 0 Å². The summed E-state index contributed by atoms with van der Waals surface area (Å²) in [4.78, 5) is 16.2. The molecule has 0 aromatic heterocycles. The van der Waals surface area contributed by atoms with Crippen LogP contribution in [0.25, 0.3) is 0 Å². The molecule has 11 heteroatoms. The Morgan fingerprint density at radius 1 is 1.21 bits per heavy atom. The van der Waals surface area contributed by atoms with Gasteiger partial charge in [0.25, 0.3) is 0 Å². The first-order chi connectivity index (χ1) is 18.1. The number of nitrogens with zero attached hydrogens (tertiary/aromatic N) is 1. The smallest absolute Gasteiger partial charge is 0.433 e. The fourth-order valence-corrected chi connectivity index (χ4v) is 3.28. The van der Waals surface area contributed by atoms with Gasteiger partial charge in [-0.05, 0) is 49.6 Å². The molecule has 0 aliphatic heterocycles. The molecule has 1 aromatic carbocycles. The maximum absolute atomic E-state index is 12.8. The van der Waals surface area contributed by atoms with Crippen molar-refractivity contribution in [3.8, 4) is 0 Å². The molecule has 0 radical (unpaired) electrons. The molecular weight excluding hydrogens is 539 g/mol. The number of amides is 1. The zero-order valence-electron chi connectivity index (χ0n) is 21.8. The molecule has 0 fully saturated rings. The Labute approximate surface area is 231 Å². The molecule has 1 rings (SSSR count). The molecule has 0 saturated heterocycles. The molecule has 0 unspecified atom stereocenters. The number of carbonyl (C=O) groups excluding carboxylic acids is 1. The molecule has 0 atom stereocenters. The van der Waals surface area contributed by atoms with Crippen molar-refractivity contribution in [2.45, 2.75) is 39.8 Å². The molecule has 38 heavy (non-hydrogen) atoms. The number of ether oxygens (including phenoxy) is 1. The number of oxime groups is 1. The lowest BCUT2D eigenvalue weighted by Crippen LogP contribution is -2.16. The van der Waals surface area contributed by atoms with Gasteiger partial charge in [0.05, 0.1) is 16.8 Å². The van der Waals surface area contributed by atoms with Crippen molar-refractivity contribution in [3.05, 3.63) is 94.1 Å². The second kappa shape index (κ2) is 19.8. The molecule has 0 bridgehead atoms. The second-order valence-electron chi connectivity index (χ2n) is 6.97. The number of carbonyl (C=O) groups is 1. The van der Waals surface area contributed by atoms with Gasteiger partial charge in [0, 0.05) is 23.1 Å². The van der Waals surface area contributed by atoms with Crippen LogP contribution in [-0.2, 0) is 15.8 Å². The van der Waals surface area contributed by atoms with Crippen LogP contribution in [0.4, 0.5) is 18.0 Å². The molecule has 208 valence electrons. The number of hydrogen-bond acceptors (Lipinski definition) is 6. The normalized spacial score (nSPS) is 12.7. The number of thioether (sulfide) groups is 1. The van der Waals surface area contributed by atoms with Crippen molar-refractivity contribution in [1.29, 1.82) is 5.41 Å². The van der Waals surface area contributed by atoms with Gasteiger partial charge < -0.3 is 10.1 Å². The molecule has 1 aromatic rings. The Hall–Kier alpha value is -3.24. The number of unbranched alkanes of at least 4 members (excludes halogenated alkanes) is 1. The Kier molecular flexibility index (Phi) is 18.1. The summed E-state index contributed by atoms with van der Waals surface area (Å²) in [6.45, 7) is 9.52. The summed E-state index contributed by atoms with van der Waals surface area (Å²) in [5.74, 6) is 0.404. The van der Waals surface area contributed by atoms with Crippen LogP contribution in [0.2, 0.25) is 0 Å². The third-order valence-corrected chi connectivity index (χ3v) is 5.28. The summed E-state index contributed by atoms with van der Waals surface area (Å²) in [5.41, 5.74) is 1.51. The minimum Gasteiger partial charge on any atom is -0.488 e. The number of alkyl halides is 3. The molecule has 1 amide bonds. The highest BCUT2D eigenvalue weighted by Gasteiger charge is 2.30. The van der Waals surface area contributed by atoms with E-state index in [4.69, 9.17) is 21.7 Å². The van der Waals surface area contributed by atoms with Crippen LogP contribution in [0, 0.1) is 5.41 Å². The van der Waals surface area contributed by atoms with Crippen molar-refractivity contribution in [2.75, 3.05) is 13.7 Å². The van der Waals surface area contributed by atoms with Gasteiger partial charge >= 0.3 is 12.3 Å². The molecule has 0 spiro atoms. The first-order valence-corrected chi connectivity index (χ1v) is 12.8. The molecular formula is C27H33ClF3N3O3S. The van der Waals surface area contributed by atoms with Gasteiger partial charge in [0.15, 0.2) is 0 Å². The van der Waals surface area contributed by atoms with Crippen LogP contribution < -0.4 is 5.32 Å². The number of rotatable bonds is 12. The Balaban J connectivity index is 0.00000667. The number of allylic oxidation sites excluding steroid dienone is 6. The van der Waals surface area contributed by atoms with E-state index < -0.39 is 17.8 Å². The second-order valence-corrected chi connectivity index (χ2v) is 8.36. The van der Waals surface area contributed by atoms with Gasteiger partial charge in [-0.25, -0.2) is 4.79 Å². The van der Waals surface area contributed by atoms with Crippen LogP contribution in [0.3, 0.4) is 0 Å². The van der Waals surface area contributed by atoms with Gasteiger partial charge in [-0.1, -0.05) is 72.7 Å².